The first-order valence-electron chi connectivity index (χ1n) is 5.70. The van der Waals surface area contributed by atoms with Crippen molar-refractivity contribution in [3.8, 4) is 5.75 Å². The predicted octanol–water partition coefficient (Wildman–Crippen LogP) is 3.50. The second-order valence-electron chi connectivity index (χ2n) is 4.32. The molecule has 1 N–H and O–H groups in total. The van der Waals surface area contributed by atoms with Gasteiger partial charge < -0.3 is 10.1 Å². The number of hydrogen-bond donors (Lipinski definition) is 1. The third kappa shape index (κ3) is 3.89. The highest BCUT2D eigenvalue weighted by Gasteiger charge is 2.18. The summed E-state index contributed by atoms with van der Waals surface area (Å²) in [6, 6.07) is 5.07. The molecule has 1 rings (SSSR count). The summed E-state index contributed by atoms with van der Waals surface area (Å²) in [7, 11) is 1.53. The molecule has 100 valence electrons. The number of hydrogen-bond acceptors (Lipinski definition) is 2. The maximum absolute atomic E-state index is 12.2. The molecule has 0 aliphatic heterocycles. The number of methoxy groups -OCH3 is 1. The summed E-state index contributed by atoms with van der Waals surface area (Å²) < 4.78 is 5.17. The van der Waals surface area contributed by atoms with E-state index >= 15 is 0 Å². The van der Waals surface area contributed by atoms with Gasteiger partial charge in [0.25, 0.3) is 5.91 Å². The zero-order valence-electron chi connectivity index (χ0n) is 10.7. The molecule has 1 aromatic carbocycles. The second-order valence-corrected chi connectivity index (χ2v) is 5.41. The highest BCUT2D eigenvalue weighted by Crippen LogP contribution is 2.22. The van der Waals surface area contributed by atoms with Crippen molar-refractivity contribution in [3.63, 3.8) is 0 Å². The van der Waals surface area contributed by atoms with Crippen LogP contribution in [0.4, 0.5) is 0 Å². The number of ether oxygens (including phenoxy) is 1. The summed E-state index contributed by atoms with van der Waals surface area (Å²) in [5.74, 6) is 0.694. The van der Waals surface area contributed by atoms with E-state index in [2.05, 4.69) is 35.1 Å². The van der Waals surface area contributed by atoms with Crippen molar-refractivity contribution in [3.05, 3.63) is 28.8 Å². The quantitative estimate of drug-likeness (QED) is 0.837. The molecule has 5 heteroatoms. The molecule has 0 aromatic heterocycles. The Labute approximate surface area is 121 Å². The molecule has 0 heterocycles. The lowest BCUT2D eigenvalue weighted by Crippen LogP contribution is -2.39. The number of benzene rings is 1. The summed E-state index contributed by atoms with van der Waals surface area (Å²) >= 11 is 9.30. The molecule has 1 amide bonds. The van der Waals surface area contributed by atoms with Gasteiger partial charge in [0.05, 0.1) is 12.7 Å². The Kier molecular flexibility index (Phi) is 5.96. The monoisotopic (exact) mass is 333 g/mol. The highest BCUT2D eigenvalue weighted by molar-refractivity contribution is 9.09. The topological polar surface area (TPSA) is 38.3 Å². The molecule has 1 aromatic rings. The standard InChI is InChI=1S/C13H17BrClNO2/c1-8(2)11(7-14)16-13(17)10-6-9(15)4-5-12(10)18-3/h4-6,8,11H,7H2,1-3H3,(H,16,17). The molecule has 0 aliphatic carbocycles. The van der Waals surface area contributed by atoms with Crippen LogP contribution in [0.5, 0.6) is 5.75 Å². The molecule has 0 aliphatic rings. The van der Waals surface area contributed by atoms with Crippen LogP contribution in [-0.4, -0.2) is 24.4 Å². The van der Waals surface area contributed by atoms with Crippen molar-refractivity contribution in [2.45, 2.75) is 19.9 Å². The van der Waals surface area contributed by atoms with Gasteiger partial charge in [0, 0.05) is 16.4 Å². The lowest BCUT2D eigenvalue weighted by Gasteiger charge is -2.20. The van der Waals surface area contributed by atoms with Gasteiger partial charge in [0.2, 0.25) is 0 Å². The SMILES string of the molecule is COc1ccc(Cl)cc1C(=O)NC(CBr)C(C)C. The zero-order valence-corrected chi connectivity index (χ0v) is 13.0. The fraction of sp³-hybridized carbons (Fsp3) is 0.462. The minimum absolute atomic E-state index is 0.0705. The van der Waals surface area contributed by atoms with Gasteiger partial charge >= 0.3 is 0 Å². The van der Waals surface area contributed by atoms with Gasteiger partial charge in [-0.05, 0) is 24.1 Å². The minimum atomic E-state index is -0.174. The van der Waals surface area contributed by atoms with E-state index in [1.807, 2.05) is 0 Å². The Morgan fingerprint density at radius 2 is 2.17 bits per heavy atom. The number of carbonyl (C=O) groups excluding carboxylic acids is 1. The number of nitrogens with one attached hydrogen (secondary N) is 1. The van der Waals surface area contributed by atoms with E-state index in [1.165, 1.54) is 7.11 Å². The summed E-state index contributed by atoms with van der Waals surface area (Å²) in [6.45, 7) is 4.11. The second kappa shape index (κ2) is 7.00. The summed E-state index contributed by atoms with van der Waals surface area (Å²) in [4.78, 5) is 12.2. The van der Waals surface area contributed by atoms with Crippen molar-refractivity contribution in [2.24, 2.45) is 5.92 Å². The first-order chi connectivity index (χ1) is 8.49. The van der Waals surface area contributed by atoms with Crippen molar-refractivity contribution < 1.29 is 9.53 Å². The molecule has 3 nitrogen and oxygen atoms in total. The molecule has 18 heavy (non-hydrogen) atoms. The molecule has 0 radical (unpaired) electrons. The van der Waals surface area contributed by atoms with Crippen LogP contribution in [0.3, 0.4) is 0 Å². The van der Waals surface area contributed by atoms with Gasteiger partial charge in [0.15, 0.2) is 0 Å². The summed E-state index contributed by atoms with van der Waals surface area (Å²) in [6.07, 6.45) is 0. The zero-order chi connectivity index (χ0) is 13.7. The van der Waals surface area contributed by atoms with Crippen LogP contribution in [0, 0.1) is 5.92 Å². The van der Waals surface area contributed by atoms with Crippen LogP contribution in [0.15, 0.2) is 18.2 Å². The van der Waals surface area contributed by atoms with Crippen LogP contribution in [0.2, 0.25) is 5.02 Å². The smallest absolute Gasteiger partial charge is 0.255 e. The minimum Gasteiger partial charge on any atom is -0.496 e. The van der Waals surface area contributed by atoms with Gasteiger partial charge in [-0.1, -0.05) is 41.4 Å². The van der Waals surface area contributed by atoms with E-state index < -0.39 is 0 Å². The fourth-order valence-electron chi connectivity index (χ4n) is 1.49. The number of carbonyl (C=O) groups is 1. The molecular formula is C13H17BrClNO2. The maximum Gasteiger partial charge on any atom is 0.255 e. The van der Waals surface area contributed by atoms with E-state index in [0.717, 1.165) is 0 Å². The summed E-state index contributed by atoms with van der Waals surface area (Å²) in [5, 5.41) is 4.18. The third-order valence-electron chi connectivity index (χ3n) is 2.69. The van der Waals surface area contributed by atoms with Gasteiger partial charge in [-0.3, -0.25) is 4.79 Å². The lowest BCUT2D eigenvalue weighted by molar-refractivity contribution is 0.0928. The Morgan fingerprint density at radius 3 is 2.67 bits per heavy atom. The van der Waals surface area contributed by atoms with Gasteiger partial charge in [0.1, 0.15) is 5.75 Å². The Morgan fingerprint density at radius 1 is 1.50 bits per heavy atom. The molecule has 0 saturated heterocycles. The van der Waals surface area contributed by atoms with E-state index in [4.69, 9.17) is 16.3 Å². The molecule has 0 saturated carbocycles. The molecule has 1 unspecified atom stereocenters. The van der Waals surface area contributed by atoms with Crippen LogP contribution < -0.4 is 10.1 Å². The molecular weight excluding hydrogens is 318 g/mol. The van der Waals surface area contributed by atoms with Crippen molar-refractivity contribution in [2.75, 3.05) is 12.4 Å². The number of amides is 1. The fourth-order valence-corrected chi connectivity index (χ4v) is 2.57. The van der Waals surface area contributed by atoms with Crippen LogP contribution >= 0.6 is 27.5 Å². The van der Waals surface area contributed by atoms with Crippen molar-refractivity contribution in [1.29, 1.82) is 0 Å². The van der Waals surface area contributed by atoms with Crippen LogP contribution in [0.1, 0.15) is 24.2 Å². The van der Waals surface area contributed by atoms with E-state index in [9.17, 15) is 4.79 Å². The van der Waals surface area contributed by atoms with E-state index in [1.54, 1.807) is 18.2 Å². The van der Waals surface area contributed by atoms with Crippen molar-refractivity contribution >= 4 is 33.4 Å². The lowest BCUT2D eigenvalue weighted by atomic mass is 10.1. The molecule has 0 fully saturated rings. The first-order valence-corrected chi connectivity index (χ1v) is 7.20. The van der Waals surface area contributed by atoms with Crippen LogP contribution in [0.25, 0.3) is 0 Å². The number of halogens is 2. The molecule has 0 bridgehead atoms. The van der Waals surface area contributed by atoms with Crippen LogP contribution in [-0.2, 0) is 0 Å². The first kappa shape index (κ1) is 15.3. The number of alkyl halides is 1. The summed E-state index contributed by atoms with van der Waals surface area (Å²) in [5.41, 5.74) is 0.455. The molecule has 1 atom stereocenters. The van der Waals surface area contributed by atoms with Gasteiger partial charge in [-0.2, -0.15) is 0 Å². The molecule has 0 spiro atoms. The van der Waals surface area contributed by atoms with E-state index in [-0.39, 0.29) is 11.9 Å². The predicted molar refractivity (Wildman–Crippen MR) is 77.9 cm³/mol. The third-order valence-corrected chi connectivity index (χ3v) is 3.63. The average molecular weight is 335 g/mol. The normalized spacial score (nSPS) is 12.3. The maximum atomic E-state index is 12.2. The largest absolute Gasteiger partial charge is 0.496 e. The van der Waals surface area contributed by atoms with E-state index in [0.29, 0.717) is 27.6 Å². The van der Waals surface area contributed by atoms with Gasteiger partial charge in [-0.25, -0.2) is 0 Å². The van der Waals surface area contributed by atoms with Gasteiger partial charge in [-0.15, -0.1) is 0 Å². The highest BCUT2D eigenvalue weighted by atomic mass is 79.9. The number of rotatable bonds is 5. The Hall–Kier alpha value is -0.740. The average Bonchev–Trinajstić information content (AvgIpc) is 2.35. The Balaban J connectivity index is 2.92. The Bertz CT molecular complexity index is 423. The van der Waals surface area contributed by atoms with Crippen molar-refractivity contribution in [1.82, 2.24) is 5.32 Å².